The highest BCUT2D eigenvalue weighted by molar-refractivity contribution is 5.79. The molecule has 5 nitrogen and oxygen atoms in total. The van der Waals surface area contributed by atoms with Gasteiger partial charge < -0.3 is 15.1 Å². The molecule has 2 N–H and O–H groups in total. The Morgan fingerprint density at radius 3 is 2.50 bits per heavy atom. The molecule has 0 aromatic heterocycles. The third kappa shape index (κ3) is 3.29. The largest absolute Gasteiger partial charge is 0.508 e. The number of carboxylic acids is 1. The summed E-state index contributed by atoms with van der Waals surface area (Å²) < 4.78 is 0. The summed E-state index contributed by atoms with van der Waals surface area (Å²) in [5.41, 5.74) is 0.848. The molecule has 20 heavy (non-hydrogen) atoms. The Balaban J connectivity index is 1.96. The number of carboxylic acid groups (broad SMARTS) is 1. The molecule has 108 valence electrons. The van der Waals surface area contributed by atoms with E-state index in [-0.39, 0.29) is 30.0 Å². The summed E-state index contributed by atoms with van der Waals surface area (Å²) in [5.74, 6) is -0.936. The van der Waals surface area contributed by atoms with Crippen LogP contribution in [-0.2, 0) is 16.0 Å². The van der Waals surface area contributed by atoms with Crippen LogP contribution in [-0.4, -0.2) is 39.6 Å². The molecule has 0 saturated carbocycles. The first kappa shape index (κ1) is 14.4. The lowest BCUT2D eigenvalue weighted by Gasteiger charge is -2.36. The van der Waals surface area contributed by atoms with Crippen molar-refractivity contribution in [2.24, 2.45) is 5.92 Å². The maximum absolute atomic E-state index is 12.3. The molecule has 1 aliphatic heterocycles. The predicted octanol–water partition coefficient (Wildman–Crippen LogP) is 1.65. The Morgan fingerprint density at radius 2 is 1.95 bits per heavy atom. The number of phenols is 1. The third-order valence-electron chi connectivity index (χ3n) is 3.84. The first-order valence-corrected chi connectivity index (χ1v) is 6.77. The predicted molar refractivity (Wildman–Crippen MR) is 73.3 cm³/mol. The lowest BCUT2D eigenvalue weighted by molar-refractivity contribution is -0.147. The molecule has 0 spiro atoms. The molecule has 0 radical (unpaired) electrons. The molecule has 0 bridgehead atoms. The zero-order chi connectivity index (χ0) is 14.7. The van der Waals surface area contributed by atoms with Gasteiger partial charge >= 0.3 is 5.97 Å². The van der Waals surface area contributed by atoms with E-state index < -0.39 is 5.97 Å². The SMILES string of the molecule is C[C@@H]1C[C@H](C(=O)O)CCN1C(=O)Cc1ccc(O)cc1. The van der Waals surface area contributed by atoms with Crippen molar-refractivity contribution in [1.29, 1.82) is 0 Å². The molecule has 1 amide bonds. The van der Waals surface area contributed by atoms with E-state index in [1.807, 2.05) is 6.92 Å². The zero-order valence-electron chi connectivity index (χ0n) is 11.5. The van der Waals surface area contributed by atoms with Gasteiger partial charge in [0.1, 0.15) is 5.75 Å². The number of nitrogens with zero attached hydrogens (tertiary/aromatic N) is 1. The maximum Gasteiger partial charge on any atom is 0.306 e. The second-order valence-corrected chi connectivity index (χ2v) is 5.34. The quantitative estimate of drug-likeness (QED) is 0.880. The number of hydrogen-bond acceptors (Lipinski definition) is 3. The fourth-order valence-corrected chi connectivity index (χ4v) is 2.66. The van der Waals surface area contributed by atoms with Gasteiger partial charge in [0.25, 0.3) is 0 Å². The number of piperidine rings is 1. The van der Waals surface area contributed by atoms with Gasteiger partial charge in [0.05, 0.1) is 12.3 Å². The van der Waals surface area contributed by atoms with Crippen molar-refractivity contribution in [1.82, 2.24) is 4.90 Å². The molecule has 1 fully saturated rings. The molecular weight excluding hydrogens is 258 g/mol. The first-order chi connectivity index (χ1) is 9.47. The summed E-state index contributed by atoms with van der Waals surface area (Å²) in [7, 11) is 0. The van der Waals surface area contributed by atoms with Crippen molar-refractivity contribution >= 4 is 11.9 Å². The Bertz CT molecular complexity index is 497. The van der Waals surface area contributed by atoms with Crippen molar-refractivity contribution in [2.75, 3.05) is 6.54 Å². The Morgan fingerprint density at radius 1 is 1.30 bits per heavy atom. The van der Waals surface area contributed by atoms with Gasteiger partial charge in [-0.05, 0) is 37.5 Å². The minimum atomic E-state index is -0.775. The van der Waals surface area contributed by atoms with E-state index in [1.54, 1.807) is 29.2 Å². The summed E-state index contributed by atoms with van der Waals surface area (Å²) in [6.45, 7) is 2.39. The number of carbonyl (C=O) groups is 2. The van der Waals surface area contributed by atoms with Crippen molar-refractivity contribution in [2.45, 2.75) is 32.2 Å². The first-order valence-electron chi connectivity index (χ1n) is 6.77. The normalized spacial score (nSPS) is 22.6. The van der Waals surface area contributed by atoms with E-state index in [4.69, 9.17) is 5.11 Å². The van der Waals surface area contributed by atoms with E-state index in [9.17, 15) is 14.7 Å². The van der Waals surface area contributed by atoms with Crippen LogP contribution in [0.1, 0.15) is 25.3 Å². The number of benzene rings is 1. The molecule has 2 atom stereocenters. The molecule has 0 aliphatic carbocycles. The van der Waals surface area contributed by atoms with Gasteiger partial charge in [-0.2, -0.15) is 0 Å². The lowest BCUT2D eigenvalue weighted by Crippen LogP contribution is -2.46. The van der Waals surface area contributed by atoms with Crippen LogP contribution < -0.4 is 0 Å². The maximum atomic E-state index is 12.3. The molecule has 2 rings (SSSR count). The van der Waals surface area contributed by atoms with Crippen molar-refractivity contribution in [3.63, 3.8) is 0 Å². The average Bonchev–Trinajstić information content (AvgIpc) is 2.41. The zero-order valence-corrected chi connectivity index (χ0v) is 11.5. The molecule has 1 aliphatic rings. The van der Waals surface area contributed by atoms with Crippen LogP contribution in [0.2, 0.25) is 0 Å². The highest BCUT2D eigenvalue weighted by Crippen LogP contribution is 2.24. The summed E-state index contributed by atoms with van der Waals surface area (Å²) in [5, 5.41) is 18.2. The second-order valence-electron chi connectivity index (χ2n) is 5.34. The number of amides is 1. The van der Waals surface area contributed by atoms with Crippen molar-refractivity contribution in [3.05, 3.63) is 29.8 Å². The Hall–Kier alpha value is -2.04. The monoisotopic (exact) mass is 277 g/mol. The van der Waals surface area contributed by atoms with Crippen LogP contribution in [0.3, 0.4) is 0 Å². The molecule has 1 aromatic carbocycles. The third-order valence-corrected chi connectivity index (χ3v) is 3.84. The topological polar surface area (TPSA) is 77.8 Å². The van der Waals surface area contributed by atoms with E-state index in [0.717, 1.165) is 5.56 Å². The number of aromatic hydroxyl groups is 1. The number of rotatable bonds is 3. The molecule has 1 heterocycles. The minimum Gasteiger partial charge on any atom is -0.508 e. The standard InChI is InChI=1S/C15H19NO4/c1-10-8-12(15(19)20)6-7-16(10)14(18)9-11-2-4-13(17)5-3-11/h2-5,10,12,17H,6-9H2,1H3,(H,19,20)/t10-,12-/m1/s1. The molecule has 1 saturated heterocycles. The number of aliphatic carboxylic acids is 1. The van der Waals surface area contributed by atoms with Crippen molar-refractivity contribution in [3.8, 4) is 5.75 Å². The number of hydrogen-bond donors (Lipinski definition) is 2. The Kier molecular flexibility index (Phi) is 4.27. The van der Waals surface area contributed by atoms with Gasteiger partial charge in [-0.3, -0.25) is 9.59 Å². The van der Waals surface area contributed by atoms with Crippen LogP contribution in [0.4, 0.5) is 0 Å². The van der Waals surface area contributed by atoms with Gasteiger partial charge in [-0.15, -0.1) is 0 Å². The number of likely N-dealkylation sites (tertiary alicyclic amines) is 1. The number of carbonyl (C=O) groups excluding carboxylic acids is 1. The average molecular weight is 277 g/mol. The summed E-state index contributed by atoms with van der Waals surface area (Å²) in [6, 6.07) is 6.52. The van der Waals surface area contributed by atoms with Gasteiger partial charge in [0.2, 0.25) is 5.91 Å². The van der Waals surface area contributed by atoms with Crippen LogP contribution in [0.5, 0.6) is 5.75 Å². The van der Waals surface area contributed by atoms with Crippen LogP contribution in [0.25, 0.3) is 0 Å². The van der Waals surface area contributed by atoms with Crippen LogP contribution in [0, 0.1) is 5.92 Å². The smallest absolute Gasteiger partial charge is 0.306 e. The minimum absolute atomic E-state index is 0.00651. The van der Waals surface area contributed by atoms with Gasteiger partial charge in [-0.1, -0.05) is 12.1 Å². The molecular formula is C15H19NO4. The van der Waals surface area contributed by atoms with Gasteiger partial charge in [0, 0.05) is 12.6 Å². The van der Waals surface area contributed by atoms with Crippen LogP contribution >= 0.6 is 0 Å². The fourth-order valence-electron chi connectivity index (χ4n) is 2.66. The van der Waals surface area contributed by atoms with Gasteiger partial charge in [0.15, 0.2) is 0 Å². The highest BCUT2D eigenvalue weighted by Gasteiger charge is 2.31. The summed E-state index contributed by atoms with van der Waals surface area (Å²) in [6.07, 6.45) is 1.31. The molecule has 1 aromatic rings. The highest BCUT2D eigenvalue weighted by atomic mass is 16.4. The van der Waals surface area contributed by atoms with Crippen molar-refractivity contribution < 1.29 is 19.8 Å². The molecule has 0 unspecified atom stereocenters. The van der Waals surface area contributed by atoms with E-state index in [1.165, 1.54) is 0 Å². The molecule has 5 heteroatoms. The van der Waals surface area contributed by atoms with E-state index in [2.05, 4.69) is 0 Å². The number of phenolic OH excluding ortho intramolecular Hbond substituents is 1. The second kappa shape index (κ2) is 5.94. The Labute approximate surface area is 117 Å². The summed E-state index contributed by atoms with van der Waals surface area (Å²) >= 11 is 0. The summed E-state index contributed by atoms with van der Waals surface area (Å²) in [4.78, 5) is 25.0. The van der Waals surface area contributed by atoms with E-state index in [0.29, 0.717) is 19.4 Å². The van der Waals surface area contributed by atoms with E-state index >= 15 is 0 Å². The lowest BCUT2D eigenvalue weighted by atomic mass is 9.91. The van der Waals surface area contributed by atoms with Crippen LogP contribution in [0.15, 0.2) is 24.3 Å². The fraction of sp³-hybridized carbons (Fsp3) is 0.467. The van der Waals surface area contributed by atoms with Gasteiger partial charge in [-0.25, -0.2) is 0 Å².